The average Bonchev–Trinajstić information content (AvgIpc) is 2.60. The average molecular weight is 336 g/mol. The van der Waals surface area contributed by atoms with Gasteiger partial charge >= 0.3 is 11.9 Å². The molecule has 0 spiro atoms. The Morgan fingerprint density at radius 1 is 0.840 bits per heavy atom. The van der Waals surface area contributed by atoms with Crippen LogP contribution in [0.5, 0.6) is 0 Å². The quantitative estimate of drug-likeness (QED) is 0.871. The first-order chi connectivity index (χ1) is 12.0. The maximum absolute atomic E-state index is 12.8. The first kappa shape index (κ1) is 15.9. The molecule has 25 heavy (non-hydrogen) atoms. The van der Waals surface area contributed by atoms with Crippen molar-refractivity contribution in [2.45, 2.75) is 31.8 Å². The topological polar surface area (TPSA) is 63.6 Å². The van der Waals surface area contributed by atoms with Crippen LogP contribution >= 0.6 is 0 Å². The molecule has 2 bridgehead atoms. The van der Waals surface area contributed by atoms with Crippen LogP contribution in [0.25, 0.3) is 0 Å². The summed E-state index contributed by atoms with van der Waals surface area (Å²) in [5, 5.41) is 9.96. The lowest BCUT2D eigenvalue weighted by Crippen LogP contribution is -2.47. The van der Waals surface area contributed by atoms with Crippen LogP contribution < -0.4 is 0 Å². The van der Waals surface area contributed by atoms with E-state index >= 15 is 0 Å². The van der Waals surface area contributed by atoms with Crippen LogP contribution in [0.2, 0.25) is 0 Å². The number of rotatable bonds is 3. The largest absolute Gasteiger partial charge is 0.481 e. The number of carboxylic acids is 1. The minimum Gasteiger partial charge on any atom is -0.481 e. The summed E-state index contributed by atoms with van der Waals surface area (Å²) in [6, 6.07) is 15.8. The summed E-state index contributed by atoms with van der Waals surface area (Å²) in [6.07, 6.45) is -0.270. The van der Waals surface area contributed by atoms with Gasteiger partial charge in [-0.1, -0.05) is 48.5 Å². The van der Waals surface area contributed by atoms with E-state index in [9.17, 15) is 14.7 Å². The van der Waals surface area contributed by atoms with Gasteiger partial charge in [0.1, 0.15) is 0 Å². The lowest BCUT2D eigenvalue weighted by atomic mass is 9.54. The normalized spacial score (nSPS) is 26.0. The Kier molecular flexibility index (Phi) is 3.64. The van der Waals surface area contributed by atoms with Crippen LogP contribution in [-0.2, 0) is 14.3 Å². The van der Waals surface area contributed by atoms with Gasteiger partial charge in [0.2, 0.25) is 0 Å². The number of carboxylic acid groups (broad SMARTS) is 1. The second kappa shape index (κ2) is 5.73. The second-order valence-corrected chi connectivity index (χ2v) is 7.09. The Bertz CT molecular complexity index is 807. The fourth-order valence-corrected chi connectivity index (χ4v) is 4.57. The van der Waals surface area contributed by atoms with Crippen LogP contribution in [0.15, 0.2) is 48.5 Å². The van der Waals surface area contributed by atoms with Gasteiger partial charge in [-0.05, 0) is 36.1 Å². The highest BCUT2D eigenvalue weighted by molar-refractivity contribution is 5.87. The van der Waals surface area contributed by atoms with Gasteiger partial charge in [0, 0.05) is 11.8 Å². The van der Waals surface area contributed by atoms with Crippen molar-refractivity contribution < 1.29 is 19.4 Å². The first-order valence-electron chi connectivity index (χ1n) is 8.61. The molecule has 128 valence electrons. The molecule has 5 rings (SSSR count). The minimum atomic E-state index is -0.940. The Labute approximate surface area is 146 Å². The molecule has 3 aliphatic carbocycles. The highest BCUT2D eigenvalue weighted by Crippen LogP contribution is 2.58. The van der Waals surface area contributed by atoms with Gasteiger partial charge in [0.15, 0.2) is 0 Å². The van der Waals surface area contributed by atoms with Crippen molar-refractivity contribution >= 4 is 11.9 Å². The molecule has 1 N–H and O–H groups in total. The van der Waals surface area contributed by atoms with Crippen molar-refractivity contribution in [3.05, 3.63) is 70.8 Å². The third-order valence-corrected chi connectivity index (χ3v) is 5.35. The van der Waals surface area contributed by atoms with Crippen molar-refractivity contribution in [2.75, 3.05) is 0 Å². The first-order valence-corrected chi connectivity index (χ1v) is 8.61. The van der Waals surface area contributed by atoms with Crippen LogP contribution in [0, 0.1) is 11.8 Å². The Morgan fingerprint density at radius 2 is 1.24 bits per heavy atom. The molecule has 4 heteroatoms. The standard InChI is InChI=1S/C21H20O4/c1-11(2)25-21(24)19-17-14-9-5-3-7-12(14)16(18(19)20(22)23)13-8-4-6-10-15(13)17/h3-11,16-19H,1-2H3,(H,22,23)/t16?,17?,18-,19+/m1/s1. The highest BCUT2D eigenvalue weighted by Gasteiger charge is 2.56. The molecule has 2 aromatic rings. The number of aliphatic carboxylic acids is 1. The van der Waals surface area contributed by atoms with Crippen molar-refractivity contribution in [1.29, 1.82) is 0 Å². The molecule has 0 saturated heterocycles. The number of carbonyl (C=O) groups excluding carboxylic acids is 1. The number of ether oxygens (including phenoxy) is 1. The van der Waals surface area contributed by atoms with Gasteiger partial charge in [-0.25, -0.2) is 0 Å². The predicted molar refractivity (Wildman–Crippen MR) is 92.4 cm³/mol. The van der Waals surface area contributed by atoms with Crippen molar-refractivity contribution in [3.63, 3.8) is 0 Å². The number of hydrogen-bond donors (Lipinski definition) is 1. The molecule has 2 atom stereocenters. The van der Waals surface area contributed by atoms with Crippen molar-refractivity contribution in [2.24, 2.45) is 11.8 Å². The predicted octanol–water partition coefficient (Wildman–Crippen LogP) is 3.55. The zero-order chi connectivity index (χ0) is 17.7. The van der Waals surface area contributed by atoms with Gasteiger partial charge in [0.25, 0.3) is 0 Å². The van der Waals surface area contributed by atoms with E-state index in [4.69, 9.17) is 4.74 Å². The summed E-state index contributed by atoms with van der Waals surface area (Å²) < 4.78 is 5.45. The van der Waals surface area contributed by atoms with Gasteiger partial charge in [-0.2, -0.15) is 0 Å². The number of carbonyl (C=O) groups is 2. The number of benzene rings is 2. The Hall–Kier alpha value is -2.62. The summed E-state index contributed by atoms with van der Waals surface area (Å²) in [6.45, 7) is 3.58. The van der Waals surface area contributed by atoms with E-state index in [0.29, 0.717) is 0 Å². The van der Waals surface area contributed by atoms with Crippen molar-refractivity contribution in [1.82, 2.24) is 0 Å². The van der Waals surface area contributed by atoms with Gasteiger partial charge in [-0.3, -0.25) is 9.59 Å². The molecule has 0 aliphatic heterocycles. The second-order valence-electron chi connectivity index (χ2n) is 7.09. The molecular formula is C21H20O4. The Balaban J connectivity index is 1.95. The molecule has 0 saturated carbocycles. The third-order valence-electron chi connectivity index (χ3n) is 5.35. The van der Waals surface area contributed by atoms with E-state index in [0.717, 1.165) is 22.3 Å². The summed E-state index contributed by atoms with van der Waals surface area (Å²) in [4.78, 5) is 25.0. The third kappa shape index (κ3) is 2.28. The smallest absolute Gasteiger partial charge is 0.311 e. The van der Waals surface area contributed by atoms with E-state index < -0.39 is 23.8 Å². The maximum Gasteiger partial charge on any atom is 0.311 e. The molecular weight excluding hydrogens is 316 g/mol. The van der Waals surface area contributed by atoms with E-state index in [2.05, 4.69) is 0 Å². The SMILES string of the molecule is CC(C)OC(=O)[C@H]1C2c3ccccc3C(c3ccccc32)[C@H]1C(=O)O. The molecule has 0 unspecified atom stereocenters. The lowest BCUT2D eigenvalue weighted by molar-refractivity contribution is -0.163. The van der Waals surface area contributed by atoms with Crippen LogP contribution in [0.3, 0.4) is 0 Å². The van der Waals surface area contributed by atoms with Gasteiger partial charge < -0.3 is 9.84 Å². The summed E-state index contributed by atoms with van der Waals surface area (Å²) in [7, 11) is 0. The van der Waals surface area contributed by atoms with Crippen LogP contribution in [0.4, 0.5) is 0 Å². The molecule has 0 amide bonds. The van der Waals surface area contributed by atoms with Crippen LogP contribution in [0.1, 0.15) is 47.9 Å². The molecule has 4 nitrogen and oxygen atoms in total. The van der Waals surface area contributed by atoms with Crippen LogP contribution in [-0.4, -0.2) is 23.1 Å². The van der Waals surface area contributed by atoms with Gasteiger partial charge in [0.05, 0.1) is 17.9 Å². The zero-order valence-electron chi connectivity index (χ0n) is 14.2. The highest BCUT2D eigenvalue weighted by atomic mass is 16.5. The molecule has 0 fully saturated rings. The molecule has 0 radical (unpaired) electrons. The van der Waals surface area contributed by atoms with E-state index in [1.807, 2.05) is 48.5 Å². The monoisotopic (exact) mass is 336 g/mol. The van der Waals surface area contributed by atoms with E-state index in [1.165, 1.54) is 0 Å². The maximum atomic E-state index is 12.8. The zero-order valence-corrected chi connectivity index (χ0v) is 14.2. The molecule has 2 aromatic carbocycles. The fraction of sp³-hybridized carbons (Fsp3) is 0.333. The summed E-state index contributed by atoms with van der Waals surface area (Å²) >= 11 is 0. The Morgan fingerprint density at radius 3 is 1.60 bits per heavy atom. The van der Waals surface area contributed by atoms with E-state index in [-0.39, 0.29) is 17.9 Å². The summed E-state index contributed by atoms with van der Waals surface area (Å²) in [5.74, 6) is -3.45. The van der Waals surface area contributed by atoms with Gasteiger partial charge in [-0.15, -0.1) is 0 Å². The number of esters is 1. The molecule has 0 heterocycles. The number of hydrogen-bond acceptors (Lipinski definition) is 3. The number of fused-ring (bicyclic) bond motifs is 1. The summed E-state index contributed by atoms with van der Waals surface area (Å²) in [5.41, 5.74) is 4.14. The molecule has 3 aliphatic rings. The van der Waals surface area contributed by atoms with Crippen molar-refractivity contribution in [3.8, 4) is 0 Å². The lowest BCUT2D eigenvalue weighted by Gasteiger charge is -2.48. The van der Waals surface area contributed by atoms with E-state index in [1.54, 1.807) is 13.8 Å². The fourth-order valence-electron chi connectivity index (χ4n) is 4.57. The minimum absolute atomic E-state index is 0.270. The molecule has 0 aromatic heterocycles.